The molecule has 0 spiro atoms. The van der Waals surface area contributed by atoms with Crippen LogP contribution in [0, 0.1) is 20.8 Å². The number of methoxy groups -OCH3 is 2. The maximum Gasteiger partial charge on any atom is 0.193 e. The molecule has 0 bridgehead atoms. The highest BCUT2D eigenvalue weighted by molar-refractivity contribution is 6.10. The van der Waals surface area contributed by atoms with E-state index in [0.717, 1.165) is 28.4 Å². The fraction of sp³-hybridized carbons (Fsp3) is 0.119. The molecule has 8 heteroatoms. The molecule has 0 fully saturated rings. The molecule has 8 aromatic carbocycles. The molecule has 0 unspecified atom stereocenters. The highest BCUT2D eigenvalue weighted by Gasteiger charge is 2.11. The van der Waals surface area contributed by atoms with E-state index in [9.17, 15) is 19.2 Å². The van der Waals surface area contributed by atoms with Crippen molar-refractivity contribution in [3.05, 3.63) is 250 Å². The standard InChI is InChI=1S/C21H18O3.C20H16O2.C15H14O2.C3H6O/c1-15-3-5-16(6-4-15)21(22)17-7-9-19(10-8-17)24-20-13-11-18(23-2)12-14-20;1-15-7-11-18(12-8-15)22-19-13-9-17(10-14-19)20(21)16-5-3-2-4-6-16;1-11-3-5-12(6-4-11)15(16)13-7-9-14(17-2)10-8-13;1-3(2)4/h3-14H,1-2H3;2-14H,1H3;3-10H,1-2H3;1-2H3. The number of Topliss-reactive ketones (excluding diaryl/α,β-unsaturated/α-hetero) is 1. The number of benzene rings is 8. The SMILES string of the molecule is CC(C)=O.COc1ccc(C(=O)c2ccc(C)cc2)cc1.COc1ccc(Oc2ccc(C(=O)c3ccc(C)cc3)cc2)cc1.Cc1ccc(Oc2ccc(C(=O)c3ccccc3)cc2)cc1. The molecular formula is C59H54O8. The van der Waals surface area contributed by atoms with Crippen LogP contribution in [0.5, 0.6) is 34.5 Å². The number of carbonyl (C=O) groups excluding carboxylic acids is 4. The fourth-order valence-corrected chi connectivity index (χ4v) is 6.11. The van der Waals surface area contributed by atoms with E-state index in [1.807, 2.05) is 160 Å². The van der Waals surface area contributed by atoms with Crippen LogP contribution >= 0.6 is 0 Å². The Morgan fingerprint density at radius 2 is 0.478 bits per heavy atom. The smallest absolute Gasteiger partial charge is 0.193 e. The van der Waals surface area contributed by atoms with E-state index < -0.39 is 0 Å². The highest BCUT2D eigenvalue weighted by atomic mass is 16.5. The molecule has 0 heterocycles. The average Bonchev–Trinajstić information content (AvgIpc) is 3.36. The molecule has 0 amide bonds. The molecule has 0 atom stereocenters. The molecule has 0 aliphatic rings. The minimum Gasteiger partial charge on any atom is -0.497 e. The summed E-state index contributed by atoms with van der Waals surface area (Å²) in [5, 5.41) is 0. The number of ketones is 4. The van der Waals surface area contributed by atoms with Crippen molar-refractivity contribution >= 4 is 23.1 Å². The minimum atomic E-state index is 0.00555. The predicted molar refractivity (Wildman–Crippen MR) is 266 cm³/mol. The van der Waals surface area contributed by atoms with Gasteiger partial charge in [0.25, 0.3) is 0 Å². The zero-order valence-electron chi connectivity index (χ0n) is 38.8. The molecule has 67 heavy (non-hydrogen) atoms. The van der Waals surface area contributed by atoms with Gasteiger partial charge < -0.3 is 23.7 Å². The first-order chi connectivity index (χ1) is 32.3. The molecule has 338 valence electrons. The van der Waals surface area contributed by atoms with Crippen LogP contribution in [0.1, 0.15) is 78.3 Å². The van der Waals surface area contributed by atoms with E-state index in [4.69, 9.17) is 18.9 Å². The van der Waals surface area contributed by atoms with Gasteiger partial charge in [0.1, 0.15) is 40.3 Å². The Morgan fingerprint density at radius 1 is 0.284 bits per heavy atom. The van der Waals surface area contributed by atoms with Crippen LogP contribution in [-0.4, -0.2) is 37.4 Å². The summed E-state index contributed by atoms with van der Waals surface area (Å²) in [7, 11) is 3.23. The quantitative estimate of drug-likeness (QED) is 0.112. The van der Waals surface area contributed by atoms with E-state index in [1.165, 1.54) is 19.4 Å². The zero-order valence-corrected chi connectivity index (χ0v) is 38.8. The molecule has 0 saturated carbocycles. The summed E-state index contributed by atoms with van der Waals surface area (Å²) in [6.07, 6.45) is 0. The van der Waals surface area contributed by atoms with Crippen LogP contribution in [0.3, 0.4) is 0 Å². The van der Waals surface area contributed by atoms with Crippen LogP contribution in [0.2, 0.25) is 0 Å². The van der Waals surface area contributed by atoms with Crippen molar-refractivity contribution in [2.75, 3.05) is 14.2 Å². The third-order valence-electron chi connectivity index (χ3n) is 9.80. The van der Waals surface area contributed by atoms with Gasteiger partial charge in [-0.1, -0.05) is 108 Å². The lowest BCUT2D eigenvalue weighted by atomic mass is 10.0. The summed E-state index contributed by atoms with van der Waals surface area (Å²) in [5.41, 5.74) is 7.53. The van der Waals surface area contributed by atoms with Gasteiger partial charge in [-0.15, -0.1) is 0 Å². The Bertz CT molecular complexity index is 2790. The van der Waals surface area contributed by atoms with Crippen molar-refractivity contribution in [1.82, 2.24) is 0 Å². The molecule has 0 aromatic heterocycles. The predicted octanol–water partition coefficient (Wildman–Crippen LogP) is 13.9. The molecule has 0 aliphatic heterocycles. The van der Waals surface area contributed by atoms with E-state index in [1.54, 1.807) is 74.9 Å². The van der Waals surface area contributed by atoms with Gasteiger partial charge in [0.05, 0.1) is 14.2 Å². The Kier molecular flexibility index (Phi) is 18.7. The number of rotatable bonds is 12. The maximum absolute atomic E-state index is 12.4. The Balaban J connectivity index is 0.000000183. The number of ether oxygens (including phenoxy) is 4. The molecular weight excluding hydrogens is 837 g/mol. The Hall–Kier alpha value is -8.36. The lowest BCUT2D eigenvalue weighted by Gasteiger charge is -2.07. The van der Waals surface area contributed by atoms with Crippen LogP contribution in [0.15, 0.2) is 200 Å². The van der Waals surface area contributed by atoms with Crippen molar-refractivity contribution in [1.29, 1.82) is 0 Å². The second-order valence-corrected chi connectivity index (χ2v) is 15.5. The van der Waals surface area contributed by atoms with Gasteiger partial charge >= 0.3 is 0 Å². The van der Waals surface area contributed by atoms with Crippen LogP contribution in [0.25, 0.3) is 0 Å². The van der Waals surface area contributed by atoms with Crippen molar-refractivity contribution in [3.8, 4) is 34.5 Å². The van der Waals surface area contributed by atoms with Crippen molar-refractivity contribution in [3.63, 3.8) is 0 Å². The largest absolute Gasteiger partial charge is 0.497 e. The van der Waals surface area contributed by atoms with Crippen LogP contribution in [-0.2, 0) is 4.79 Å². The lowest BCUT2D eigenvalue weighted by Crippen LogP contribution is -2.00. The van der Waals surface area contributed by atoms with E-state index >= 15 is 0 Å². The van der Waals surface area contributed by atoms with Gasteiger partial charge in [0.15, 0.2) is 17.3 Å². The third-order valence-corrected chi connectivity index (χ3v) is 9.80. The summed E-state index contributed by atoms with van der Waals surface area (Å²) < 4.78 is 21.7. The normalized spacial score (nSPS) is 9.96. The molecule has 0 saturated heterocycles. The van der Waals surface area contributed by atoms with Crippen molar-refractivity contribution < 1.29 is 38.1 Å². The van der Waals surface area contributed by atoms with E-state index in [-0.39, 0.29) is 23.1 Å². The number of carbonyl (C=O) groups is 4. The Morgan fingerprint density at radius 3 is 0.761 bits per heavy atom. The fourth-order valence-electron chi connectivity index (χ4n) is 6.11. The second kappa shape index (κ2) is 25.2. The van der Waals surface area contributed by atoms with Crippen LogP contribution < -0.4 is 18.9 Å². The van der Waals surface area contributed by atoms with Gasteiger partial charge in [0, 0.05) is 33.4 Å². The van der Waals surface area contributed by atoms with Crippen molar-refractivity contribution in [2.45, 2.75) is 34.6 Å². The lowest BCUT2D eigenvalue weighted by molar-refractivity contribution is -0.115. The number of hydrogen-bond acceptors (Lipinski definition) is 8. The summed E-state index contributed by atoms with van der Waals surface area (Å²) >= 11 is 0. The summed E-state index contributed by atoms with van der Waals surface area (Å²) in [4.78, 5) is 46.3. The highest BCUT2D eigenvalue weighted by Crippen LogP contribution is 2.26. The summed E-state index contributed by atoms with van der Waals surface area (Å²) in [6, 6.07) is 61.1. The Labute approximate surface area is 393 Å². The second-order valence-electron chi connectivity index (χ2n) is 15.5. The monoisotopic (exact) mass is 890 g/mol. The number of hydrogen-bond donors (Lipinski definition) is 0. The molecule has 0 N–H and O–H groups in total. The first-order valence-corrected chi connectivity index (χ1v) is 21.5. The van der Waals surface area contributed by atoms with Gasteiger partial charge in [-0.05, 0) is 144 Å². The van der Waals surface area contributed by atoms with E-state index in [2.05, 4.69) is 0 Å². The first kappa shape index (κ1) is 49.7. The van der Waals surface area contributed by atoms with E-state index in [0.29, 0.717) is 50.6 Å². The minimum absolute atomic E-state index is 0.00555. The van der Waals surface area contributed by atoms with Gasteiger partial charge in [-0.25, -0.2) is 0 Å². The molecule has 0 radical (unpaired) electrons. The molecule has 8 nitrogen and oxygen atoms in total. The van der Waals surface area contributed by atoms with Gasteiger partial charge in [0.2, 0.25) is 0 Å². The van der Waals surface area contributed by atoms with Gasteiger partial charge in [-0.3, -0.25) is 14.4 Å². The first-order valence-electron chi connectivity index (χ1n) is 21.5. The zero-order chi connectivity index (χ0) is 48.1. The topological polar surface area (TPSA) is 105 Å². The number of aryl methyl sites for hydroxylation is 3. The summed E-state index contributed by atoms with van der Waals surface area (Å²) in [6.45, 7) is 9.09. The third kappa shape index (κ3) is 16.0. The average molecular weight is 891 g/mol. The summed E-state index contributed by atoms with van der Waals surface area (Å²) in [5.74, 6) is 4.66. The van der Waals surface area contributed by atoms with Crippen LogP contribution in [0.4, 0.5) is 0 Å². The maximum atomic E-state index is 12.4. The van der Waals surface area contributed by atoms with Crippen molar-refractivity contribution in [2.24, 2.45) is 0 Å². The molecule has 0 aliphatic carbocycles. The molecule has 8 aromatic rings. The molecule has 8 rings (SSSR count). The van der Waals surface area contributed by atoms with Gasteiger partial charge in [-0.2, -0.15) is 0 Å².